The molecule has 1 nitrogen and oxygen atoms in total. The first-order valence-electron chi connectivity index (χ1n) is 5.75. The van der Waals surface area contributed by atoms with Gasteiger partial charge in [0.25, 0.3) is 0 Å². The molecule has 0 aliphatic carbocycles. The van der Waals surface area contributed by atoms with Gasteiger partial charge in [0, 0.05) is 17.1 Å². The Kier molecular flexibility index (Phi) is 2.77. The maximum Gasteiger partial charge on any atom is 0.0858 e. The summed E-state index contributed by atoms with van der Waals surface area (Å²) in [6.07, 6.45) is 1.80. The largest absolute Gasteiger partial charge is 0.255 e. The molecule has 1 radical (unpaired) electrons. The number of rotatable bonds is 0. The first-order chi connectivity index (χ1) is 8.93. The fraction of sp³-hybridized carbons (Fsp3) is 0. The zero-order chi connectivity index (χ0) is 12.2. The minimum atomic E-state index is 0.954. The summed E-state index contributed by atoms with van der Waals surface area (Å²) in [7, 11) is 0. The maximum absolute atomic E-state index is 4.38. The van der Waals surface area contributed by atoms with Crippen molar-refractivity contribution < 1.29 is 0 Å². The summed E-state index contributed by atoms with van der Waals surface area (Å²) in [5.74, 6) is 6.32. The van der Waals surface area contributed by atoms with Gasteiger partial charge in [0.15, 0.2) is 0 Å². The highest BCUT2D eigenvalue weighted by atomic mass is 14.6. The number of hydrogen-bond acceptors (Lipinski definition) is 1. The van der Waals surface area contributed by atoms with E-state index < -0.39 is 0 Å². The minimum absolute atomic E-state index is 0.954. The van der Waals surface area contributed by atoms with Crippen LogP contribution >= 0.6 is 0 Å². The smallest absolute Gasteiger partial charge is 0.0858 e. The number of aromatic nitrogens is 1. The van der Waals surface area contributed by atoms with Crippen LogP contribution in [0.4, 0.5) is 0 Å². The van der Waals surface area contributed by atoms with Gasteiger partial charge in [0.05, 0.1) is 11.1 Å². The topological polar surface area (TPSA) is 12.9 Å². The van der Waals surface area contributed by atoms with Crippen LogP contribution in [-0.2, 0) is 0 Å². The summed E-state index contributed by atoms with van der Waals surface area (Å²) < 4.78 is 0. The van der Waals surface area contributed by atoms with Crippen molar-refractivity contribution >= 4 is 10.9 Å². The molecule has 0 aliphatic rings. The molecule has 1 heteroatoms. The average molecular weight is 228 g/mol. The van der Waals surface area contributed by atoms with Gasteiger partial charge in [0.1, 0.15) is 0 Å². The van der Waals surface area contributed by atoms with Crippen molar-refractivity contribution in [1.82, 2.24) is 4.98 Å². The Balaban J connectivity index is 2.09. The van der Waals surface area contributed by atoms with Gasteiger partial charge < -0.3 is 0 Å². The minimum Gasteiger partial charge on any atom is -0.255 e. The lowest BCUT2D eigenvalue weighted by atomic mass is 10.1. The number of hydrogen-bond donors (Lipinski definition) is 0. The molecule has 0 fully saturated rings. The van der Waals surface area contributed by atoms with E-state index in [4.69, 9.17) is 0 Å². The molecule has 0 atom stereocenters. The standard InChI is InChI=1S/C17H10N/c1-2-6-14(7-3-1)11-12-16-9-4-8-15-10-5-13-18-17(15)16/h2-10,13H. The molecule has 0 spiro atoms. The van der Waals surface area contributed by atoms with Crippen LogP contribution in [0.25, 0.3) is 10.9 Å². The molecule has 0 bridgehead atoms. The molecule has 3 rings (SSSR count). The number of para-hydroxylation sites is 1. The summed E-state index contributed by atoms with van der Waals surface area (Å²) in [6, 6.07) is 20.6. The number of pyridine rings is 1. The Labute approximate surface area is 106 Å². The predicted octanol–water partition coefficient (Wildman–Crippen LogP) is 3.43. The molecule has 0 aliphatic heterocycles. The van der Waals surface area contributed by atoms with Crippen LogP contribution in [0.2, 0.25) is 0 Å². The van der Waals surface area contributed by atoms with Crippen molar-refractivity contribution in [3.8, 4) is 11.8 Å². The molecule has 3 aromatic rings. The van der Waals surface area contributed by atoms with Crippen LogP contribution < -0.4 is 0 Å². The first kappa shape index (κ1) is 10.6. The van der Waals surface area contributed by atoms with E-state index in [0.717, 1.165) is 22.0 Å². The maximum atomic E-state index is 4.38. The highest BCUT2D eigenvalue weighted by Crippen LogP contribution is 2.14. The molecular weight excluding hydrogens is 218 g/mol. The summed E-state index contributed by atoms with van der Waals surface area (Å²) in [6.45, 7) is 0. The lowest BCUT2D eigenvalue weighted by Crippen LogP contribution is -1.83. The highest BCUT2D eigenvalue weighted by Gasteiger charge is 1.97. The van der Waals surface area contributed by atoms with Gasteiger partial charge in [0.2, 0.25) is 0 Å². The average Bonchev–Trinajstić information content (AvgIpc) is 2.46. The number of benzene rings is 2. The van der Waals surface area contributed by atoms with Crippen molar-refractivity contribution in [3.63, 3.8) is 0 Å². The normalized spacial score (nSPS) is 9.78. The van der Waals surface area contributed by atoms with Crippen LogP contribution in [0, 0.1) is 17.9 Å². The van der Waals surface area contributed by atoms with E-state index in [1.54, 1.807) is 6.20 Å². The van der Waals surface area contributed by atoms with Gasteiger partial charge in [-0.25, -0.2) is 0 Å². The predicted molar refractivity (Wildman–Crippen MR) is 73.0 cm³/mol. The Morgan fingerprint density at radius 2 is 1.72 bits per heavy atom. The zero-order valence-corrected chi connectivity index (χ0v) is 9.72. The van der Waals surface area contributed by atoms with Crippen molar-refractivity contribution in [2.75, 3.05) is 0 Å². The van der Waals surface area contributed by atoms with Crippen LogP contribution in [0.1, 0.15) is 11.1 Å². The van der Waals surface area contributed by atoms with Gasteiger partial charge >= 0.3 is 0 Å². The third kappa shape index (κ3) is 2.09. The Morgan fingerprint density at radius 3 is 2.61 bits per heavy atom. The van der Waals surface area contributed by atoms with E-state index in [-0.39, 0.29) is 0 Å². The van der Waals surface area contributed by atoms with E-state index in [2.05, 4.69) is 22.9 Å². The van der Waals surface area contributed by atoms with E-state index in [1.807, 2.05) is 54.6 Å². The van der Waals surface area contributed by atoms with Gasteiger partial charge in [-0.15, -0.1) is 0 Å². The Bertz CT molecular complexity index is 728. The van der Waals surface area contributed by atoms with Crippen LogP contribution in [-0.4, -0.2) is 4.98 Å². The fourth-order valence-electron chi connectivity index (χ4n) is 1.81. The van der Waals surface area contributed by atoms with Crippen LogP contribution in [0.15, 0.2) is 60.8 Å². The molecule has 0 unspecified atom stereocenters. The van der Waals surface area contributed by atoms with Gasteiger partial charge in [-0.3, -0.25) is 4.98 Å². The molecule has 0 N–H and O–H groups in total. The van der Waals surface area contributed by atoms with Crippen molar-refractivity contribution in [1.29, 1.82) is 0 Å². The third-order valence-corrected chi connectivity index (χ3v) is 2.69. The van der Waals surface area contributed by atoms with Crippen molar-refractivity contribution in [2.24, 2.45) is 0 Å². The molecule has 1 aromatic heterocycles. The molecule has 1 heterocycles. The van der Waals surface area contributed by atoms with Crippen LogP contribution in [0.5, 0.6) is 0 Å². The summed E-state index contributed by atoms with van der Waals surface area (Å²) >= 11 is 0. The monoisotopic (exact) mass is 228 g/mol. The van der Waals surface area contributed by atoms with Gasteiger partial charge in [-0.05, 0) is 30.3 Å². The number of fused-ring (bicyclic) bond motifs is 1. The van der Waals surface area contributed by atoms with E-state index in [9.17, 15) is 0 Å². The Hall–Kier alpha value is -2.59. The van der Waals surface area contributed by atoms with Gasteiger partial charge in [-0.1, -0.05) is 42.2 Å². The SMILES string of the molecule is C(#Cc1cccc2cccnc12)c1cc[c]cc1. The van der Waals surface area contributed by atoms with E-state index in [0.29, 0.717) is 0 Å². The molecule has 0 amide bonds. The third-order valence-electron chi connectivity index (χ3n) is 2.69. The summed E-state index contributed by atoms with van der Waals surface area (Å²) in [5, 5.41) is 1.12. The molecule has 83 valence electrons. The quantitative estimate of drug-likeness (QED) is 0.537. The van der Waals surface area contributed by atoms with E-state index in [1.165, 1.54) is 0 Å². The highest BCUT2D eigenvalue weighted by molar-refractivity contribution is 5.84. The zero-order valence-electron chi connectivity index (χ0n) is 9.72. The van der Waals surface area contributed by atoms with E-state index >= 15 is 0 Å². The summed E-state index contributed by atoms with van der Waals surface area (Å²) in [5.41, 5.74) is 2.90. The lowest BCUT2D eigenvalue weighted by molar-refractivity contribution is 1.40. The van der Waals surface area contributed by atoms with Gasteiger partial charge in [-0.2, -0.15) is 0 Å². The molecular formula is C17H10N. The molecule has 0 saturated carbocycles. The second kappa shape index (κ2) is 4.73. The van der Waals surface area contributed by atoms with Crippen molar-refractivity contribution in [2.45, 2.75) is 0 Å². The lowest BCUT2D eigenvalue weighted by Gasteiger charge is -1.98. The first-order valence-corrected chi connectivity index (χ1v) is 5.75. The molecule has 2 aromatic carbocycles. The summed E-state index contributed by atoms with van der Waals surface area (Å²) in [4.78, 5) is 4.38. The fourth-order valence-corrected chi connectivity index (χ4v) is 1.81. The second-order valence-corrected chi connectivity index (χ2v) is 3.92. The molecule has 0 saturated heterocycles. The Morgan fingerprint density at radius 1 is 0.889 bits per heavy atom. The number of nitrogens with zero attached hydrogens (tertiary/aromatic N) is 1. The van der Waals surface area contributed by atoms with Crippen LogP contribution in [0.3, 0.4) is 0 Å². The second-order valence-electron chi connectivity index (χ2n) is 3.92. The molecule has 18 heavy (non-hydrogen) atoms. The van der Waals surface area contributed by atoms with Crippen molar-refractivity contribution in [3.05, 3.63) is 78.0 Å².